The Balaban J connectivity index is 2.33. The van der Waals surface area contributed by atoms with E-state index in [1.807, 2.05) is 30.3 Å². The average molecular weight is 232 g/mol. The second-order valence-corrected chi connectivity index (χ2v) is 4.82. The zero-order valence-corrected chi connectivity index (χ0v) is 9.53. The van der Waals surface area contributed by atoms with Gasteiger partial charge >= 0.3 is 5.97 Å². The molecule has 0 radical (unpaired) electrons. The van der Waals surface area contributed by atoms with Gasteiger partial charge in [-0.05, 0) is 11.5 Å². The highest BCUT2D eigenvalue weighted by atomic mass is 31.2. The Bertz CT molecular complexity index is 579. The third kappa shape index (κ3) is 1.36. The Kier molecular flexibility index (Phi) is 2.08. The van der Waals surface area contributed by atoms with Gasteiger partial charge in [0.25, 0.3) is 8.38 Å². The van der Waals surface area contributed by atoms with Gasteiger partial charge in [-0.25, -0.2) is 4.79 Å². The lowest BCUT2D eigenvalue weighted by atomic mass is 10.1. The molecule has 0 N–H and O–H groups in total. The zero-order chi connectivity index (χ0) is 11.1. The molecule has 1 aliphatic heterocycles. The third-order valence-electron chi connectivity index (χ3n) is 2.53. The molecule has 0 aliphatic carbocycles. The van der Waals surface area contributed by atoms with Gasteiger partial charge < -0.3 is 9.05 Å². The molecule has 1 atom stereocenters. The van der Waals surface area contributed by atoms with Crippen molar-refractivity contribution in [1.29, 1.82) is 0 Å². The largest absolute Gasteiger partial charge is 0.437 e. The van der Waals surface area contributed by atoms with Gasteiger partial charge in [-0.1, -0.05) is 30.3 Å². The van der Waals surface area contributed by atoms with E-state index in [0.29, 0.717) is 11.3 Å². The maximum atomic E-state index is 11.7. The fourth-order valence-electron chi connectivity index (χ4n) is 1.82. The van der Waals surface area contributed by atoms with Crippen molar-refractivity contribution in [2.75, 3.05) is 6.66 Å². The molecular formula is C12H9O3P. The van der Waals surface area contributed by atoms with E-state index in [-0.39, 0.29) is 5.97 Å². The van der Waals surface area contributed by atoms with Crippen molar-refractivity contribution in [3.63, 3.8) is 0 Å². The molecule has 2 aromatic rings. The Morgan fingerprint density at radius 2 is 1.88 bits per heavy atom. The number of hydrogen-bond donors (Lipinski definition) is 0. The maximum absolute atomic E-state index is 11.7. The minimum absolute atomic E-state index is 0.291. The van der Waals surface area contributed by atoms with Crippen LogP contribution < -0.4 is 4.52 Å². The highest BCUT2D eigenvalue weighted by molar-refractivity contribution is 7.47. The predicted octanol–water partition coefficient (Wildman–Crippen LogP) is 3.33. The molecule has 3 nitrogen and oxygen atoms in total. The Hall–Kier alpha value is -1.60. The number of carbonyl (C=O) groups excluding carboxylic acids is 1. The summed E-state index contributed by atoms with van der Waals surface area (Å²) in [5.41, 5.74) is 0.513. The Labute approximate surface area is 93.9 Å². The molecule has 80 valence electrons. The first-order valence-electron chi connectivity index (χ1n) is 4.91. The second-order valence-electron chi connectivity index (χ2n) is 3.57. The molecule has 1 aliphatic rings. The van der Waals surface area contributed by atoms with Crippen molar-refractivity contribution in [2.45, 2.75) is 0 Å². The van der Waals surface area contributed by atoms with Crippen molar-refractivity contribution in [3.05, 3.63) is 42.0 Å². The predicted molar refractivity (Wildman–Crippen MR) is 62.8 cm³/mol. The van der Waals surface area contributed by atoms with Gasteiger partial charge in [0.2, 0.25) is 0 Å². The molecule has 0 bridgehead atoms. The summed E-state index contributed by atoms with van der Waals surface area (Å²) in [5, 5.41) is 2.03. The lowest BCUT2D eigenvalue weighted by Crippen LogP contribution is -2.11. The molecule has 0 saturated heterocycles. The number of hydrogen-bond acceptors (Lipinski definition) is 3. The van der Waals surface area contributed by atoms with Crippen LogP contribution in [0.15, 0.2) is 36.4 Å². The molecule has 0 aromatic heterocycles. The van der Waals surface area contributed by atoms with E-state index in [4.69, 9.17) is 9.05 Å². The fourth-order valence-corrected chi connectivity index (χ4v) is 2.64. The molecule has 1 heterocycles. The number of benzene rings is 2. The van der Waals surface area contributed by atoms with Crippen LogP contribution in [0.4, 0.5) is 0 Å². The molecule has 0 saturated carbocycles. The molecule has 1 unspecified atom stereocenters. The highest BCUT2D eigenvalue weighted by Crippen LogP contribution is 2.46. The van der Waals surface area contributed by atoms with Crippen LogP contribution in [0.2, 0.25) is 0 Å². The van der Waals surface area contributed by atoms with Crippen LogP contribution in [0.1, 0.15) is 10.4 Å². The highest BCUT2D eigenvalue weighted by Gasteiger charge is 2.27. The summed E-state index contributed by atoms with van der Waals surface area (Å²) in [4.78, 5) is 11.7. The van der Waals surface area contributed by atoms with Crippen LogP contribution in [0.25, 0.3) is 10.8 Å². The Morgan fingerprint density at radius 3 is 2.75 bits per heavy atom. The van der Waals surface area contributed by atoms with Gasteiger partial charge in [0, 0.05) is 12.1 Å². The topological polar surface area (TPSA) is 35.5 Å². The molecule has 3 rings (SSSR count). The van der Waals surface area contributed by atoms with Crippen molar-refractivity contribution in [1.82, 2.24) is 0 Å². The van der Waals surface area contributed by atoms with Crippen LogP contribution in [-0.2, 0) is 4.52 Å². The van der Waals surface area contributed by atoms with Crippen molar-refractivity contribution in [2.24, 2.45) is 0 Å². The Morgan fingerprint density at radius 1 is 1.06 bits per heavy atom. The summed E-state index contributed by atoms with van der Waals surface area (Å²) in [7, 11) is -1.14. The quantitative estimate of drug-likeness (QED) is 0.653. The minimum atomic E-state index is -1.14. The fraction of sp³-hybridized carbons (Fsp3) is 0.0833. The monoisotopic (exact) mass is 232 g/mol. The normalized spacial score (nSPS) is 18.8. The van der Waals surface area contributed by atoms with E-state index in [9.17, 15) is 4.79 Å². The number of carbonyl (C=O) groups is 1. The van der Waals surface area contributed by atoms with E-state index in [0.717, 1.165) is 10.8 Å². The lowest BCUT2D eigenvalue weighted by Gasteiger charge is -2.22. The smallest absolute Gasteiger partial charge is 0.347 e. The summed E-state index contributed by atoms with van der Waals surface area (Å²) >= 11 is 0. The SMILES string of the molecule is CP1OC(=O)c2ccc3ccccc3c2O1. The maximum Gasteiger partial charge on any atom is 0.347 e. The standard InChI is InChI=1S/C12H9O3P/c1-16-14-11-9-5-3-2-4-8(9)6-7-10(11)12(13)15-16/h2-7H,1H3. The van der Waals surface area contributed by atoms with Gasteiger partial charge in [0.05, 0.1) is 0 Å². The zero-order valence-electron chi connectivity index (χ0n) is 8.64. The van der Waals surface area contributed by atoms with Crippen molar-refractivity contribution < 1.29 is 13.8 Å². The van der Waals surface area contributed by atoms with E-state index in [1.165, 1.54) is 0 Å². The summed E-state index contributed by atoms with van der Waals surface area (Å²) in [6.45, 7) is 1.78. The second kappa shape index (κ2) is 3.46. The van der Waals surface area contributed by atoms with Gasteiger partial charge in [0.1, 0.15) is 11.3 Å². The lowest BCUT2D eigenvalue weighted by molar-refractivity contribution is 0.0724. The van der Waals surface area contributed by atoms with Crippen LogP contribution in [-0.4, -0.2) is 12.6 Å². The molecule has 16 heavy (non-hydrogen) atoms. The van der Waals surface area contributed by atoms with Gasteiger partial charge in [0.15, 0.2) is 0 Å². The number of fused-ring (bicyclic) bond motifs is 3. The average Bonchev–Trinajstić information content (AvgIpc) is 2.28. The van der Waals surface area contributed by atoms with Crippen LogP contribution in [0.5, 0.6) is 5.75 Å². The van der Waals surface area contributed by atoms with Crippen LogP contribution >= 0.6 is 8.38 Å². The first kappa shape index (κ1) is 9.61. The van der Waals surface area contributed by atoms with Gasteiger partial charge in [-0.2, -0.15) is 0 Å². The molecule has 0 spiro atoms. The summed E-state index contributed by atoms with van der Waals surface area (Å²) < 4.78 is 10.7. The third-order valence-corrected chi connectivity index (χ3v) is 3.39. The van der Waals surface area contributed by atoms with Crippen molar-refractivity contribution in [3.8, 4) is 5.75 Å². The molecule has 2 aromatic carbocycles. The molecule has 0 amide bonds. The van der Waals surface area contributed by atoms with Crippen LogP contribution in [0.3, 0.4) is 0 Å². The van der Waals surface area contributed by atoms with E-state index >= 15 is 0 Å². The molecule has 0 fully saturated rings. The van der Waals surface area contributed by atoms with Gasteiger partial charge in [-0.15, -0.1) is 0 Å². The van der Waals surface area contributed by atoms with E-state index < -0.39 is 8.38 Å². The minimum Gasteiger partial charge on any atom is -0.437 e. The summed E-state index contributed by atoms with van der Waals surface area (Å²) in [6.07, 6.45) is 0. The first-order chi connectivity index (χ1) is 7.75. The molecule has 4 heteroatoms. The van der Waals surface area contributed by atoms with E-state index in [1.54, 1.807) is 12.7 Å². The summed E-state index contributed by atoms with van der Waals surface area (Å²) in [5.74, 6) is 0.364. The van der Waals surface area contributed by atoms with Crippen molar-refractivity contribution >= 4 is 25.1 Å². The number of rotatable bonds is 0. The van der Waals surface area contributed by atoms with Crippen LogP contribution in [0, 0.1) is 0 Å². The molecular weight excluding hydrogens is 223 g/mol. The first-order valence-corrected chi connectivity index (χ1v) is 6.54. The van der Waals surface area contributed by atoms with E-state index in [2.05, 4.69) is 0 Å². The van der Waals surface area contributed by atoms with Gasteiger partial charge in [-0.3, -0.25) is 0 Å². The summed E-state index contributed by atoms with van der Waals surface area (Å²) in [6, 6.07) is 11.5.